The lowest BCUT2D eigenvalue weighted by Gasteiger charge is -2.15. The molecule has 1 atom stereocenters. The van der Waals surface area contributed by atoms with Gasteiger partial charge in [0.15, 0.2) is 0 Å². The third kappa shape index (κ3) is 3.54. The van der Waals surface area contributed by atoms with Gasteiger partial charge < -0.3 is 5.32 Å². The van der Waals surface area contributed by atoms with Crippen molar-refractivity contribution in [3.05, 3.63) is 51.1 Å². The summed E-state index contributed by atoms with van der Waals surface area (Å²) in [5, 5.41) is 3.62. The molecule has 1 aliphatic rings. The molecule has 1 aromatic carbocycles. The van der Waals surface area contributed by atoms with Gasteiger partial charge in [-0.2, -0.15) is 13.2 Å². The monoisotopic (exact) mass is 378 g/mol. The lowest BCUT2D eigenvalue weighted by Crippen LogP contribution is -2.20. The standard InChI is InChI=1S/C15H11Cl2F3N2S/c16-11-3-7-1-10(2-8(7)4-13(11)23)22-14-12(17)5-9(6-21-14)15(18,19)20/h3-6,10,23H,1-2H2,(H,21,22). The number of rotatable bonds is 2. The average molecular weight is 379 g/mol. The fourth-order valence-electron chi connectivity index (χ4n) is 2.62. The molecule has 23 heavy (non-hydrogen) atoms. The van der Waals surface area contributed by atoms with Crippen LogP contribution >= 0.6 is 35.8 Å². The number of nitrogens with one attached hydrogen (secondary N) is 1. The minimum atomic E-state index is -4.46. The Bertz CT molecular complexity index is 734. The number of halogens is 5. The van der Waals surface area contributed by atoms with Crippen LogP contribution in [0.4, 0.5) is 19.0 Å². The fourth-order valence-corrected chi connectivity index (χ4v) is 3.25. The first-order chi connectivity index (χ1) is 10.7. The van der Waals surface area contributed by atoms with Gasteiger partial charge in [0, 0.05) is 17.1 Å². The van der Waals surface area contributed by atoms with Crippen molar-refractivity contribution >= 4 is 41.6 Å². The summed E-state index contributed by atoms with van der Waals surface area (Å²) in [6.07, 6.45) is -2.28. The topological polar surface area (TPSA) is 24.9 Å². The number of hydrogen-bond donors (Lipinski definition) is 2. The van der Waals surface area contributed by atoms with Crippen molar-refractivity contribution in [3.8, 4) is 0 Å². The van der Waals surface area contributed by atoms with E-state index < -0.39 is 11.7 Å². The predicted molar refractivity (Wildman–Crippen MR) is 87.8 cm³/mol. The molecule has 3 rings (SSSR count). The molecule has 8 heteroatoms. The first kappa shape index (κ1) is 16.7. The molecule has 2 nitrogen and oxygen atoms in total. The SMILES string of the molecule is FC(F)(F)c1cnc(NC2Cc3cc(S)c(Cl)cc3C2)c(Cl)c1. The number of anilines is 1. The molecular weight excluding hydrogens is 368 g/mol. The molecule has 0 fully saturated rings. The lowest BCUT2D eigenvalue weighted by atomic mass is 10.1. The van der Waals surface area contributed by atoms with Crippen LogP contribution in [0.25, 0.3) is 0 Å². The van der Waals surface area contributed by atoms with E-state index in [0.29, 0.717) is 22.8 Å². The van der Waals surface area contributed by atoms with Gasteiger partial charge in [-0.15, -0.1) is 12.6 Å². The van der Waals surface area contributed by atoms with Gasteiger partial charge in [0.05, 0.1) is 15.6 Å². The molecule has 0 amide bonds. The molecular formula is C15H11Cl2F3N2S. The summed E-state index contributed by atoms with van der Waals surface area (Å²) in [6, 6.07) is 4.65. The first-order valence-electron chi connectivity index (χ1n) is 6.73. The molecule has 0 saturated heterocycles. The van der Waals surface area contributed by atoms with Crippen LogP contribution in [0.2, 0.25) is 10.0 Å². The number of pyridine rings is 1. The van der Waals surface area contributed by atoms with Gasteiger partial charge in [-0.1, -0.05) is 23.2 Å². The maximum absolute atomic E-state index is 12.6. The van der Waals surface area contributed by atoms with Crippen LogP contribution in [0.15, 0.2) is 29.3 Å². The van der Waals surface area contributed by atoms with Crippen LogP contribution in [0.5, 0.6) is 0 Å². The third-order valence-electron chi connectivity index (χ3n) is 3.71. The highest BCUT2D eigenvalue weighted by Gasteiger charge is 2.32. The summed E-state index contributed by atoms with van der Waals surface area (Å²) in [4.78, 5) is 4.51. The Kier molecular flexibility index (Phi) is 4.42. The van der Waals surface area contributed by atoms with Crippen LogP contribution in [0.3, 0.4) is 0 Å². The van der Waals surface area contributed by atoms with Gasteiger partial charge >= 0.3 is 6.18 Å². The largest absolute Gasteiger partial charge is 0.417 e. The van der Waals surface area contributed by atoms with E-state index in [1.807, 2.05) is 12.1 Å². The highest BCUT2D eigenvalue weighted by molar-refractivity contribution is 7.80. The zero-order valence-electron chi connectivity index (χ0n) is 11.6. The quantitative estimate of drug-likeness (QED) is 0.695. The smallest absolute Gasteiger partial charge is 0.365 e. The van der Waals surface area contributed by atoms with Gasteiger partial charge in [0.25, 0.3) is 0 Å². The zero-order chi connectivity index (χ0) is 16.8. The van der Waals surface area contributed by atoms with E-state index in [0.717, 1.165) is 23.4 Å². The van der Waals surface area contributed by atoms with E-state index in [2.05, 4.69) is 22.9 Å². The molecule has 0 radical (unpaired) electrons. The van der Waals surface area contributed by atoms with Crippen molar-refractivity contribution in [2.24, 2.45) is 0 Å². The highest BCUT2D eigenvalue weighted by atomic mass is 35.5. The number of alkyl halides is 3. The third-order valence-corrected chi connectivity index (χ3v) is 4.81. The van der Waals surface area contributed by atoms with Crippen molar-refractivity contribution in [1.82, 2.24) is 4.98 Å². The van der Waals surface area contributed by atoms with E-state index in [1.54, 1.807) is 0 Å². The normalized spacial score (nSPS) is 17.2. The molecule has 122 valence electrons. The van der Waals surface area contributed by atoms with Gasteiger partial charge in [-0.25, -0.2) is 4.98 Å². The van der Waals surface area contributed by atoms with Crippen LogP contribution in [0, 0.1) is 0 Å². The minimum absolute atomic E-state index is 0.00191. The van der Waals surface area contributed by atoms with Crippen LogP contribution in [-0.4, -0.2) is 11.0 Å². The molecule has 1 aliphatic carbocycles. The Labute approximate surface area is 146 Å². The van der Waals surface area contributed by atoms with Crippen LogP contribution in [-0.2, 0) is 19.0 Å². The molecule has 1 unspecified atom stereocenters. The Morgan fingerprint density at radius 1 is 1.09 bits per heavy atom. The zero-order valence-corrected chi connectivity index (χ0v) is 14.0. The van der Waals surface area contributed by atoms with Crippen molar-refractivity contribution in [2.75, 3.05) is 5.32 Å². The Hall–Kier alpha value is -1.11. The number of benzene rings is 1. The Balaban J connectivity index is 1.77. The van der Waals surface area contributed by atoms with Crippen molar-refractivity contribution in [1.29, 1.82) is 0 Å². The van der Waals surface area contributed by atoms with Crippen LogP contribution in [0.1, 0.15) is 16.7 Å². The second-order valence-corrected chi connectivity index (χ2v) is 6.67. The summed E-state index contributed by atoms with van der Waals surface area (Å²) < 4.78 is 37.9. The van der Waals surface area contributed by atoms with Gasteiger partial charge in [-0.3, -0.25) is 0 Å². The molecule has 2 aromatic rings. The van der Waals surface area contributed by atoms with Crippen molar-refractivity contribution in [3.63, 3.8) is 0 Å². The number of thiol groups is 1. The maximum atomic E-state index is 12.6. The average Bonchev–Trinajstić information content (AvgIpc) is 2.82. The number of hydrogen-bond acceptors (Lipinski definition) is 3. The maximum Gasteiger partial charge on any atom is 0.417 e. The van der Waals surface area contributed by atoms with E-state index in [1.165, 1.54) is 0 Å². The number of aromatic nitrogens is 1. The van der Waals surface area contributed by atoms with E-state index in [4.69, 9.17) is 23.2 Å². The lowest BCUT2D eigenvalue weighted by molar-refractivity contribution is -0.137. The summed E-state index contributed by atoms with van der Waals surface area (Å²) in [5.41, 5.74) is 1.34. The predicted octanol–water partition coefficient (Wildman–Crippen LogP) is 5.28. The van der Waals surface area contributed by atoms with Gasteiger partial charge in [0.1, 0.15) is 5.82 Å². The second kappa shape index (κ2) is 6.07. The molecule has 0 bridgehead atoms. The highest BCUT2D eigenvalue weighted by Crippen LogP contribution is 2.34. The Morgan fingerprint density at radius 3 is 2.35 bits per heavy atom. The molecule has 0 spiro atoms. The molecule has 1 aromatic heterocycles. The van der Waals surface area contributed by atoms with E-state index in [-0.39, 0.29) is 16.9 Å². The molecule has 1 N–H and O–H groups in total. The number of fused-ring (bicyclic) bond motifs is 1. The van der Waals surface area contributed by atoms with Crippen molar-refractivity contribution < 1.29 is 13.2 Å². The van der Waals surface area contributed by atoms with E-state index >= 15 is 0 Å². The van der Waals surface area contributed by atoms with Gasteiger partial charge in [-0.05, 0) is 42.2 Å². The molecule has 0 aliphatic heterocycles. The van der Waals surface area contributed by atoms with Crippen LogP contribution < -0.4 is 5.32 Å². The van der Waals surface area contributed by atoms with Crippen molar-refractivity contribution in [2.45, 2.75) is 30.0 Å². The summed E-state index contributed by atoms with van der Waals surface area (Å²) >= 11 is 16.3. The minimum Gasteiger partial charge on any atom is -0.365 e. The molecule has 1 heterocycles. The molecule has 0 saturated carbocycles. The Morgan fingerprint density at radius 2 is 1.74 bits per heavy atom. The summed E-state index contributed by atoms with van der Waals surface area (Å²) in [5.74, 6) is 0.245. The van der Waals surface area contributed by atoms with E-state index in [9.17, 15) is 13.2 Å². The fraction of sp³-hybridized carbons (Fsp3) is 0.267. The first-order valence-corrected chi connectivity index (χ1v) is 7.94. The summed E-state index contributed by atoms with van der Waals surface area (Å²) in [6.45, 7) is 0. The van der Waals surface area contributed by atoms with Gasteiger partial charge in [0.2, 0.25) is 0 Å². The number of nitrogens with zero attached hydrogens (tertiary/aromatic N) is 1. The second-order valence-electron chi connectivity index (χ2n) is 5.37. The summed E-state index contributed by atoms with van der Waals surface area (Å²) in [7, 11) is 0.